The first kappa shape index (κ1) is 17.6. The van der Waals surface area contributed by atoms with Crippen LogP contribution in [0, 0.1) is 0 Å². The van der Waals surface area contributed by atoms with Crippen LogP contribution in [-0.4, -0.2) is 42.1 Å². The SMILES string of the molecule is CCC(CC)N(CCOC)C(=O)/C=C/c1nc2ccccc2s1. The third kappa shape index (κ3) is 4.62. The van der Waals surface area contributed by atoms with Gasteiger partial charge in [0.2, 0.25) is 5.91 Å². The molecule has 0 bridgehead atoms. The third-order valence-corrected chi connectivity index (χ3v) is 4.88. The van der Waals surface area contributed by atoms with E-state index in [-0.39, 0.29) is 11.9 Å². The molecule has 4 nitrogen and oxygen atoms in total. The zero-order chi connectivity index (χ0) is 16.7. The van der Waals surface area contributed by atoms with E-state index < -0.39 is 0 Å². The summed E-state index contributed by atoms with van der Waals surface area (Å²) in [5.41, 5.74) is 0.973. The van der Waals surface area contributed by atoms with Crippen molar-refractivity contribution in [3.05, 3.63) is 35.3 Å². The van der Waals surface area contributed by atoms with Gasteiger partial charge in [0, 0.05) is 25.8 Å². The molecule has 2 rings (SSSR count). The number of carbonyl (C=O) groups is 1. The molecule has 0 aliphatic carbocycles. The number of aromatic nitrogens is 1. The van der Waals surface area contributed by atoms with E-state index in [2.05, 4.69) is 18.8 Å². The van der Waals surface area contributed by atoms with Gasteiger partial charge < -0.3 is 9.64 Å². The van der Waals surface area contributed by atoms with Crippen molar-refractivity contribution in [3.8, 4) is 0 Å². The maximum atomic E-state index is 12.6. The quantitative estimate of drug-likeness (QED) is 0.687. The molecule has 0 aliphatic heterocycles. The van der Waals surface area contributed by atoms with Gasteiger partial charge in [-0.05, 0) is 31.1 Å². The van der Waals surface area contributed by atoms with Crippen LogP contribution in [0.3, 0.4) is 0 Å². The largest absolute Gasteiger partial charge is 0.383 e. The smallest absolute Gasteiger partial charge is 0.246 e. The monoisotopic (exact) mass is 332 g/mol. The zero-order valence-electron chi connectivity index (χ0n) is 14.0. The molecule has 23 heavy (non-hydrogen) atoms. The molecule has 1 amide bonds. The predicted molar refractivity (Wildman–Crippen MR) is 96.6 cm³/mol. The van der Waals surface area contributed by atoms with Crippen LogP contribution < -0.4 is 0 Å². The van der Waals surface area contributed by atoms with E-state index in [0.717, 1.165) is 28.1 Å². The molecule has 0 saturated carbocycles. The first-order valence-electron chi connectivity index (χ1n) is 8.02. The average Bonchev–Trinajstić information content (AvgIpc) is 2.99. The number of hydrogen-bond acceptors (Lipinski definition) is 4. The number of fused-ring (bicyclic) bond motifs is 1. The highest BCUT2D eigenvalue weighted by Gasteiger charge is 2.18. The highest BCUT2D eigenvalue weighted by Crippen LogP contribution is 2.22. The fourth-order valence-corrected chi connectivity index (χ4v) is 3.46. The zero-order valence-corrected chi connectivity index (χ0v) is 14.8. The molecule has 0 aliphatic rings. The number of hydrogen-bond donors (Lipinski definition) is 0. The first-order valence-corrected chi connectivity index (χ1v) is 8.84. The summed E-state index contributed by atoms with van der Waals surface area (Å²) in [4.78, 5) is 19.0. The molecule has 2 aromatic rings. The lowest BCUT2D eigenvalue weighted by Gasteiger charge is -2.29. The van der Waals surface area contributed by atoms with Gasteiger partial charge in [0.1, 0.15) is 5.01 Å². The Labute approximate surface area is 141 Å². The van der Waals surface area contributed by atoms with Crippen LogP contribution in [0.4, 0.5) is 0 Å². The Morgan fingerprint density at radius 2 is 2.09 bits per heavy atom. The number of methoxy groups -OCH3 is 1. The van der Waals surface area contributed by atoms with Crippen molar-refractivity contribution in [2.24, 2.45) is 0 Å². The van der Waals surface area contributed by atoms with E-state index in [1.54, 1.807) is 24.5 Å². The number of thiazole rings is 1. The van der Waals surface area contributed by atoms with Crippen LogP contribution in [-0.2, 0) is 9.53 Å². The summed E-state index contributed by atoms with van der Waals surface area (Å²) >= 11 is 1.60. The molecular weight excluding hydrogens is 308 g/mol. The van der Waals surface area contributed by atoms with E-state index in [4.69, 9.17) is 4.74 Å². The van der Waals surface area contributed by atoms with Crippen LogP contribution in [0.1, 0.15) is 31.7 Å². The second-order valence-corrected chi connectivity index (χ2v) is 6.41. The van der Waals surface area contributed by atoms with Gasteiger partial charge in [0.25, 0.3) is 0 Å². The summed E-state index contributed by atoms with van der Waals surface area (Å²) in [6.07, 6.45) is 5.34. The Kier molecular flexibility index (Phi) is 6.74. The highest BCUT2D eigenvalue weighted by atomic mass is 32.1. The Balaban J connectivity index is 2.12. The van der Waals surface area contributed by atoms with Crippen molar-refractivity contribution in [3.63, 3.8) is 0 Å². The second kappa shape index (κ2) is 8.79. The van der Waals surface area contributed by atoms with Gasteiger partial charge in [-0.2, -0.15) is 0 Å². The lowest BCUT2D eigenvalue weighted by atomic mass is 10.1. The number of benzene rings is 1. The number of para-hydroxylation sites is 1. The second-order valence-electron chi connectivity index (χ2n) is 5.35. The molecule has 0 unspecified atom stereocenters. The van der Waals surface area contributed by atoms with Crippen molar-refractivity contribution in [2.45, 2.75) is 32.7 Å². The molecule has 0 saturated heterocycles. The van der Waals surface area contributed by atoms with Gasteiger partial charge in [0.05, 0.1) is 16.8 Å². The van der Waals surface area contributed by atoms with Crippen LogP contribution in [0.15, 0.2) is 30.3 Å². The van der Waals surface area contributed by atoms with Gasteiger partial charge >= 0.3 is 0 Å². The Morgan fingerprint density at radius 1 is 1.35 bits per heavy atom. The summed E-state index contributed by atoms with van der Waals surface area (Å²) in [6.45, 7) is 5.39. The number of rotatable bonds is 8. The van der Waals surface area contributed by atoms with Crippen LogP contribution >= 0.6 is 11.3 Å². The number of amides is 1. The maximum Gasteiger partial charge on any atom is 0.246 e. The first-order chi connectivity index (χ1) is 11.2. The average molecular weight is 332 g/mol. The van der Waals surface area contributed by atoms with Gasteiger partial charge in [-0.25, -0.2) is 4.98 Å². The molecule has 5 heteroatoms. The van der Waals surface area contributed by atoms with E-state index in [1.807, 2.05) is 35.2 Å². The van der Waals surface area contributed by atoms with Crippen molar-refractivity contribution in [2.75, 3.05) is 20.3 Å². The highest BCUT2D eigenvalue weighted by molar-refractivity contribution is 7.19. The minimum atomic E-state index is 0.0232. The predicted octanol–water partition coefficient (Wildman–Crippen LogP) is 3.97. The molecular formula is C18H24N2O2S. The number of ether oxygens (including phenoxy) is 1. The Hall–Kier alpha value is -1.72. The molecule has 124 valence electrons. The summed E-state index contributed by atoms with van der Waals surface area (Å²) in [5, 5.41) is 0.857. The Morgan fingerprint density at radius 3 is 2.74 bits per heavy atom. The van der Waals surface area contributed by atoms with Crippen LogP contribution in [0.5, 0.6) is 0 Å². The van der Waals surface area contributed by atoms with Crippen LogP contribution in [0.2, 0.25) is 0 Å². The lowest BCUT2D eigenvalue weighted by molar-refractivity contribution is -0.129. The van der Waals surface area contributed by atoms with E-state index in [1.165, 1.54) is 0 Å². The molecule has 1 aromatic heterocycles. The van der Waals surface area contributed by atoms with E-state index >= 15 is 0 Å². The van der Waals surface area contributed by atoms with Crippen molar-refractivity contribution >= 4 is 33.5 Å². The number of carbonyl (C=O) groups excluding carboxylic acids is 1. The standard InChI is InChI=1S/C18H24N2O2S/c1-4-14(5-2)20(12-13-22-3)18(21)11-10-17-19-15-8-6-7-9-16(15)23-17/h6-11,14H,4-5,12-13H2,1-3H3/b11-10+. The molecule has 0 spiro atoms. The molecule has 1 heterocycles. The molecule has 0 N–H and O–H groups in total. The molecule has 0 atom stereocenters. The summed E-state index contributed by atoms with van der Waals surface area (Å²) in [7, 11) is 1.66. The topological polar surface area (TPSA) is 42.4 Å². The summed E-state index contributed by atoms with van der Waals surface area (Å²) in [6, 6.07) is 8.25. The molecule has 0 radical (unpaired) electrons. The molecule has 0 fully saturated rings. The fourth-order valence-electron chi connectivity index (χ4n) is 2.59. The van der Waals surface area contributed by atoms with E-state index in [9.17, 15) is 4.79 Å². The maximum absolute atomic E-state index is 12.6. The summed E-state index contributed by atoms with van der Waals surface area (Å²) < 4.78 is 6.27. The van der Waals surface area contributed by atoms with Crippen LogP contribution in [0.25, 0.3) is 16.3 Å². The lowest BCUT2D eigenvalue weighted by Crippen LogP contribution is -2.40. The van der Waals surface area contributed by atoms with Gasteiger partial charge in [-0.1, -0.05) is 26.0 Å². The summed E-state index contributed by atoms with van der Waals surface area (Å²) in [5.74, 6) is 0.0232. The fraction of sp³-hybridized carbons (Fsp3) is 0.444. The van der Waals surface area contributed by atoms with Crippen molar-refractivity contribution in [1.82, 2.24) is 9.88 Å². The van der Waals surface area contributed by atoms with Crippen molar-refractivity contribution in [1.29, 1.82) is 0 Å². The van der Waals surface area contributed by atoms with E-state index in [0.29, 0.717) is 13.2 Å². The van der Waals surface area contributed by atoms with Gasteiger partial charge in [-0.15, -0.1) is 11.3 Å². The Bertz CT molecular complexity index is 629. The minimum Gasteiger partial charge on any atom is -0.383 e. The normalized spacial score (nSPS) is 11.7. The minimum absolute atomic E-state index is 0.0232. The van der Waals surface area contributed by atoms with Gasteiger partial charge in [0.15, 0.2) is 0 Å². The van der Waals surface area contributed by atoms with Gasteiger partial charge in [-0.3, -0.25) is 4.79 Å². The third-order valence-electron chi connectivity index (χ3n) is 3.88. The molecule has 1 aromatic carbocycles. The number of nitrogens with zero attached hydrogens (tertiary/aromatic N) is 2. The van der Waals surface area contributed by atoms with Crippen molar-refractivity contribution < 1.29 is 9.53 Å².